The Kier molecular flexibility index (Phi) is 28.2. The summed E-state index contributed by atoms with van der Waals surface area (Å²) in [6, 6.07) is 0. The molecule has 0 saturated heterocycles. The number of carbonyl (C=O) groups excluding carboxylic acids is 1. The van der Waals surface area contributed by atoms with Gasteiger partial charge in [-0.05, 0) is 0 Å². The predicted molar refractivity (Wildman–Crippen MR) is 50.1 cm³/mol. The van der Waals surface area contributed by atoms with Gasteiger partial charge in [0.1, 0.15) is 24.9 Å². The number of hydrogen-bond acceptors (Lipinski definition) is 12. The third-order valence-corrected chi connectivity index (χ3v) is 2.73. The van der Waals surface area contributed by atoms with Crippen molar-refractivity contribution in [1.29, 1.82) is 0 Å². The van der Waals surface area contributed by atoms with Crippen LogP contribution in [-0.2, 0) is 23.0 Å². The molecule has 0 aliphatic carbocycles. The molecule has 0 radical (unpaired) electrons. The molecule has 0 aromatic heterocycles. The van der Waals surface area contributed by atoms with E-state index in [4.69, 9.17) is 10.2 Å². The van der Waals surface area contributed by atoms with Gasteiger partial charge in [-0.3, -0.25) is 4.79 Å². The van der Waals surface area contributed by atoms with E-state index in [0.29, 0.717) is 0 Å². The summed E-state index contributed by atoms with van der Waals surface area (Å²) in [5.41, 5.74) is 0. The monoisotopic (exact) mass is 429 g/mol. The van der Waals surface area contributed by atoms with E-state index in [2.05, 4.69) is 9.05 Å². The van der Waals surface area contributed by atoms with Crippen LogP contribution in [0.4, 0.5) is 0 Å². The van der Waals surface area contributed by atoms with E-state index < -0.39 is 53.0 Å². The number of ketones is 1. The fourth-order valence-corrected chi connectivity index (χ4v) is 1.52. The molecule has 0 aliphatic rings. The minimum absolute atomic E-state index is 0. The molecule has 18 heteroatoms. The van der Waals surface area contributed by atoms with Gasteiger partial charge in [0.05, 0.1) is 22.3 Å². The van der Waals surface area contributed by atoms with Crippen LogP contribution in [0.15, 0.2) is 0 Å². The first-order valence-electron chi connectivity index (χ1n) is 4.73. The van der Waals surface area contributed by atoms with Crippen molar-refractivity contribution < 1.29 is 176 Å². The maximum absolute atomic E-state index is 11.1. The van der Waals surface area contributed by atoms with E-state index in [-0.39, 0.29) is 118 Å². The van der Waals surface area contributed by atoms with Crippen molar-refractivity contribution >= 4 is 21.4 Å². The van der Waals surface area contributed by atoms with Crippen molar-refractivity contribution in [2.75, 3.05) is 13.2 Å². The van der Waals surface area contributed by atoms with Crippen LogP contribution in [0.3, 0.4) is 0 Å². The minimum Gasteiger partial charge on any atom is -0.790 e. The summed E-state index contributed by atoms with van der Waals surface area (Å²) in [4.78, 5) is 51.4. The van der Waals surface area contributed by atoms with Crippen molar-refractivity contribution in [1.82, 2.24) is 0 Å². The van der Waals surface area contributed by atoms with E-state index >= 15 is 0 Å². The number of phosphoric acid groups is 2. The predicted octanol–water partition coefficient (Wildman–Crippen LogP) is -17.7. The molecular weight excluding hydrogens is 419 g/mol. The van der Waals surface area contributed by atoms with Gasteiger partial charge < -0.3 is 53.1 Å². The van der Waals surface area contributed by atoms with E-state index in [1.54, 1.807) is 0 Å². The van der Waals surface area contributed by atoms with Crippen LogP contribution < -0.4 is 138 Å². The van der Waals surface area contributed by atoms with E-state index in [1.807, 2.05) is 0 Å². The molecule has 120 valence electrons. The molecule has 0 aliphatic heterocycles. The topological polar surface area (TPSA) is 223 Å². The van der Waals surface area contributed by atoms with Crippen LogP contribution in [0.1, 0.15) is 0 Å². The van der Waals surface area contributed by atoms with E-state index in [9.17, 15) is 38.6 Å². The van der Waals surface area contributed by atoms with Crippen molar-refractivity contribution in [3.05, 3.63) is 0 Å². The fraction of sp³-hybridized carbons (Fsp3) is 0.833. The Bertz CT molecular complexity index is 426. The number of hydrogen-bond donors (Lipinski definition) is 3. The smallest absolute Gasteiger partial charge is 0.790 e. The normalized spacial score (nSPS) is 14.6. The summed E-state index contributed by atoms with van der Waals surface area (Å²) >= 11 is 0. The van der Waals surface area contributed by atoms with Crippen molar-refractivity contribution in [3.8, 4) is 0 Å². The molecule has 0 aromatic carbocycles. The first-order valence-corrected chi connectivity index (χ1v) is 7.65. The van der Waals surface area contributed by atoms with Crippen LogP contribution in [-0.4, -0.2) is 52.6 Å². The molecule has 3 N–H and O–H groups in total. The van der Waals surface area contributed by atoms with E-state index in [0.717, 1.165) is 0 Å². The molecule has 0 fully saturated rings. The molecule has 0 bridgehead atoms. The number of aliphatic hydroxyl groups excluding tert-OH is 3. The van der Waals surface area contributed by atoms with Gasteiger partial charge in [0.15, 0.2) is 5.78 Å². The Morgan fingerprint density at radius 1 is 0.875 bits per heavy atom. The number of aliphatic hydroxyl groups is 3. The second kappa shape index (κ2) is 17.6. The standard InChI is InChI=1S/C6H14O12P2.4Na/c7-3(1-17-19(11,12)13)5(9)6(10)4(8)2-18-20(14,15)16;;;;/h3,5-7,9-10H,1-2H2,(H2,11,12,13)(H2,14,15,16);;;;/q;4*+1/p-4/t3-,5-,6-;;;;/m1..../s1/i4+1;;;;. The molecule has 24 heavy (non-hydrogen) atoms. The molecular formula is C6H10Na4O12P2. The van der Waals surface area contributed by atoms with Gasteiger partial charge >= 0.3 is 118 Å². The summed E-state index contributed by atoms with van der Waals surface area (Å²) in [5.74, 6) is -1.48. The van der Waals surface area contributed by atoms with Gasteiger partial charge in [-0.25, -0.2) is 0 Å². The number of phosphoric ester groups is 2. The van der Waals surface area contributed by atoms with E-state index in [1.165, 1.54) is 0 Å². The average molecular weight is 429 g/mol. The van der Waals surface area contributed by atoms with Gasteiger partial charge in [0.2, 0.25) is 0 Å². The summed E-state index contributed by atoms with van der Waals surface area (Å²) < 4.78 is 27.3. The Morgan fingerprint density at radius 2 is 1.25 bits per heavy atom. The van der Waals surface area contributed by atoms with Gasteiger partial charge in [-0.15, -0.1) is 0 Å². The van der Waals surface area contributed by atoms with Gasteiger partial charge in [0.25, 0.3) is 0 Å². The van der Waals surface area contributed by atoms with Crippen molar-refractivity contribution in [2.24, 2.45) is 0 Å². The van der Waals surface area contributed by atoms with Crippen molar-refractivity contribution in [2.45, 2.75) is 18.3 Å². The average Bonchev–Trinajstić information content (AvgIpc) is 2.29. The zero-order valence-electron chi connectivity index (χ0n) is 13.6. The first-order chi connectivity index (χ1) is 8.83. The second-order valence-corrected chi connectivity index (χ2v) is 5.74. The third kappa shape index (κ3) is 20.5. The largest absolute Gasteiger partial charge is 1.00 e. The quantitative estimate of drug-likeness (QED) is 0.177. The zero-order valence-corrected chi connectivity index (χ0v) is 23.3. The second-order valence-electron chi connectivity index (χ2n) is 3.43. The molecule has 0 aromatic rings. The summed E-state index contributed by atoms with van der Waals surface area (Å²) in [5, 5.41) is 27.5. The van der Waals surface area contributed by atoms with Crippen molar-refractivity contribution in [3.63, 3.8) is 0 Å². The van der Waals surface area contributed by atoms with Gasteiger partial charge in [-0.1, -0.05) is 0 Å². The molecule has 0 spiro atoms. The third-order valence-electron chi connectivity index (χ3n) is 1.82. The molecule has 0 amide bonds. The maximum atomic E-state index is 11.1. The Hall–Kier alpha value is 3.77. The van der Waals surface area contributed by atoms with Crippen LogP contribution in [0.2, 0.25) is 0 Å². The Labute approximate surface area is 225 Å². The first kappa shape index (κ1) is 38.4. The van der Waals surface area contributed by atoms with Crippen LogP contribution in [0.25, 0.3) is 0 Å². The van der Waals surface area contributed by atoms with Crippen LogP contribution >= 0.6 is 15.6 Å². The Balaban J connectivity index is -0.000000301. The summed E-state index contributed by atoms with van der Waals surface area (Å²) in [7, 11) is -10.9. The summed E-state index contributed by atoms with van der Waals surface area (Å²) in [6.45, 7) is -2.63. The SMILES string of the molecule is O=[13C](COP(=O)([O-])[O-])[C@@H](O)[C@H](O)[C@H](O)COP(=O)([O-])[O-].[Na+].[Na+].[Na+].[Na+]. The fourth-order valence-electron chi connectivity index (χ4n) is 0.895. The summed E-state index contributed by atoms with van der Waals surface area (Å²) in [6.07, 6.45) is -6.83. The van der Waals surface area contributed by atoms with Gasteiger partial charge in [-0.2, -0.15) is 0 Å². The molecule has 12 nitrogen and oxygen atoms in total. The van der Waals surface area contributed by atoms with Gasteiger partial charge in [0, 0.05) is 0 Å². The number of rotatable bonds is 9. The number of carbonyl (C=O) groups is 1. The van der Waals surface area contributed by atoms with Crippen LogP contribution in [0.5, 0.6) is 0 Å². The number of Topliss-reactive ketones (excluding diaryl/α,β-unsaturated/α-hetero) is 1. The maximum Gasteiger partial charge on any atom is 1.00 e. The molecule has 3 atom stereocenters. The molecule has 0 saturated carbocycles. The Morgan fingerprint density at radius 3 is 1.58 bits per heavy atom. The van der Waals surface area contributed by atoms with Crippen LogP contribution in [0, 0.1) is 0 Å². The molecule has 0 rings (SSSR count). The molecule has 0 heterocycles. The zero-order chi connectivity index (χ0) is 16.1. The minimum atomic E-state index is -5.47. The molecule has 0 unspecified atom stereocenters.